The fraction of sp³-hybridized carbons (Fsp3) is 0.444. The second kappa shape index (κ2) is 7.53. The fourth-order valence-electron chi connectivity index (χ4n) is 3.21. The van der Waals surface area contributed by atoms with Gasteiger partial charge in [-0.1, -0.05) is 18.2 Å². The summed E-state index contributed by atoms with van der Waals surface area (Å²) in [6.45, 7) is 2.40. The number of methoxy groups -OCH3 is 2. The SMILES string of the molecule is COCc1ncc(CN2CCCC2c2ccccc2OC)cn1. The number of hydrogen-bond acceptors (Lipinski definition) is 5. The number of likely N-dealkylation sites (tertiary alicyclic amines) is 1. The van der Waals surface area contributed by atoms with E-state index in [1.54, 1.807) is 14.2 Å². The van der Waals surface area contributed by atoms with Gasteiger partial charge >= 0.3 is 0 Å². The van der Waals surface area contributed by atoms with Gasteiger partial charge in [0.15, 0.2) is 5.82 Å². The third-order valence-electron chi connectivity index (χ3n) is 4.28. The molecule has 1 aromatic heterocycles. The zero-order chi connectivity index (χ0) is 16.1. The fourth-order valence-corrected chi connectivity index (χ4v) is 3.21. The van der Waals surface area contributed by atoms with Gasteiger partial charge in [-0.25, -0.2) is 9.97 Å². The smallest absolute Gasteiger partial charge is 0.153 e. The molecule has 0 bridgehead atoms. The molecular formula is C18H23N3O2. The maximum absolute atomic E-state index is 5.53. The molecule has 1 fully saturated rings. The van der Waals surface area contributed by atoms with E-state index in [9.17, 15) is 0 Å². The van der Waals surface area contributed by atoms with Crippen LogP contribution in [-0.4, -0.2) is 35.6 Å². The second-order valence-corrected chi connectivity index (χ2v) is 5.81. The van der Waals surface area contributed by atoms with Crippen molar-refractivity contribution in [3.05, 3.63) is 53.6 Å². The topological polar surface area (TPSA) is 47.5 Å². The van der Waals surface area contributed by atoms with Gasteiger partial charge in [-0.05, 0) is 25.5 Å². The molecule has 2 aromatic rings. The summed E-state index contributed by atoms with van der Waals surface area (Å²) in [4.78, 5) is 11.2. The maximum atomic E-state index is 5.53. The van der Waals surface area contributed by atoms with Crippen LogP contribution in [0, 0.1) is 0 Å². The molecule has 23 heavy (non-hydrogen) atoms. The first kappa shape index (κ1) is 15.9. The van der Waals surface area contributed by atoms with E-state index < -0.39 is 0 Å². The van der Waals surface area contributed by atoms with Crippen molar-refractivity contribution < 1.29 is 9.47 Å². The molecule has 122 valence electrons. The molecule has 1 aromatic carbocycles. The van der Waals surface area contributed by atoms with Crippen molar-refractivity contribution in [3.8, 4) is 5.75 Å². The Morgan fingerprint density at radius 3 is 2.70 bits per heavy atom. The number of ether oxygens (including phenoxy) is 2. The van der Waals surface area contributed by atoms with Crippen molar-refractivity contribution in [2.45, 2.75) is 32.0 Å². The van der Waals surface area contributed by atoms with E-state index in [0.717, 1.165) is 36.6 Å². The van der Waals surface area contributed by atoms with Gasteiger partial charge in [-0.2, -0.15) is 0 Å². The largest absolute Gasteiger partial charge is 0.496 e. The first-order valence-electron chi connectivity index (χ1n) is 7.97. The van der Waals surface area contributed by atoms with E-state index in [0.29, 0.717) is 12.6 Å². The van der Waals surface area contributed by atoms with Gasteiger partial charge in [0.1, 0.15) is 12.4 Å². The van der Waals surface area contributed by atoms with Crippen LogP contribution in [0.5, 0.6) is 5.75 Å². The first-order chi connectivity index (χ1) is 11.3. The van der Waals surface area contributed by atoms with E-state index in [1.807, 2.05) is 24.5 Å². The molecular weight excluding hydrogens is 290 g/mol. The third kappa shape index (κ3) is 3.68. The van der Waals surface area contributed by atoms with Crippen LogP contribution in [-0.2, 0) is 17.9 Å². The molecule has 3 rings (SSSR count). The number of aromatic nitrogens is 2. The Morgan fingerprint density at radius 2 is 1.96 bits per heavy atom. The van der Waals surface area contributed by atoms with Crippen molar-refractivity contribution in [3.63, 3.8) is 0 Å². The lowest BCUT2D eigenvalue weighted by atomic mass is 10.0. The van der Waals surface area contributed by atoms with Crippen LogP contribution in [0.4, 0.5) is 0 Å². The maximum Gasteiger partial charge on any atom is 0.153 e. The molecule has 1 atom stereocenters. The van der Waals surface area contributed by atoms with Crippen LogP contribution >= 0.6 is 0 Å². The standard InChI is InChI=1S/C18H23N3O2/c1-22-13-18-19-10-14(11-20-18)12-21-9-5-7-16(21)15-6-3-4-8-17(15)23-2/h3-4,6,8,10-11,16H,5,7,9,12-13H2,1-2H3. The van der Waals surface area contributed by atoms with Gasteiger partial charge in [-0.15, -0.1) is 0 Å². The van der Waals surface area contributed by atoms with E-state index >= 15 is 0 Å². The van der Waals surface area contributed by atoms with Gasteiger partial charge in [0, 0.05) is 43.2 Å². The van der Waals surface area contributed by atoms with Gasteiger partial charge in [0.25, 0.3) is 0 Å². The Morgan fingerprint density at radius 1 is 1.17 bits per heavy atom. The summed E-state index contributed by atoms with van der Waals surface area (Å²) in [5.74, 6) is 1.69. The van der Waals surface area contributed by atoms with Crippen LogP contribution in [0.2, 0.25) is 0 Å². The number of nitrogens with zero attached hydrogens (tertiary/aromatic N) is 3. The minimum absolute atomic E-state index is 0.393. The Balaban J connectivity index is 1.74. The highest BCUT2D eigenvalue weighted by atomic mass is 16.5. The molecule has 0 amide bonds. The second-order valence-electron chi connectivity index (χ2n) is 5.81. The highest BCUT2D eigenvalue weighted by Gasteiger charge is 2.28. The van der Waals surface area contributed by atoms with Crippen molar-refractivity contribution in [2.24, 2.45) is 0 Å². The highest BCUT2D eigenvalue weighted by molar-refractivity contribution is 5.36. The monoisotopic (exact) mass is 313 g/mol. The Hall–Kier alpha value is -1.98. The van der Waals surface area contributed by atoms with Crippen molar-refractivity contribution in [2.75, 3.05) is 20.8 Å². The molecule has 1 unspecified atom stereocenters. The summed E-state index contributed by atoms with van der Waals surface area (Å²) < 4.78 is 10.6. The van der Waals surface area contributed by atoms with Crippen molar-refractivity contribution >= 4 is 0 Å². The zero-order valence-corrected chi connectivity index (χ0v) is 13.7. The Labute approximate surface area is 137 Å². The van der Waals surface area contributed by atoms with Crippen LogP contribution in [0.25, 0.3) is 0 Å². The molecule has 1 aliphatic heterocycles. The summed E-state index contributed by atoms with van der Waals surface area (Å²) in [6, 6.07) is 8.69. The van der Waals surface area contributed by atoms with E-state index in [2.05, 4.69) is 27.0 Å². The van der Waals surface area contributed by atoms with Crippen LogP contribution in [0.3, 0.4) is 0 Å². The van der Waals surface area contributed by atoms with Gasteiger partial charge in [0.05, 0.1) is 7.11 Å². The summed E-state index contributed by atoms with van der Waals surface area (Å²) in [6.07, 6.45) is 6.16. The highest BCUT2D eigenvalue weighted by Crippen LogP contribution is 2.37. The summed E-state index contributed by atoms with van der Waals surface area (Å²) in [5.41, 5.74) is 2.40. The molecule has 2 heterocycles. The number of hydrogen-bond donors (Lipinski definition) is 0. The number of rotatable bonds is 6. The van der Waals surface area contributed by atoms with E-state index in [1.165, 1.54) is 12.0 Å². The summed E-state index contributed by atoms with van der Waals surface area (Å²) >= 11 is 0. The lowest BCUT2D eigenvalue weighted by molar-refractivity contribution is 0.177. The van der Waals surface area contributed by atoms with Gasteiger partial charge in [0.2, 0.25) is 0 Å². The number of benzene rings is 1. The minimum atomic E-state index is 0.393. The van der Waals surface area contributed by atoms with Crippen LogP contribution < -0.4 is 4.74 Å². The quantitative estimate of drug-likeness (QED) is 0.820. The Bertz CT molecular complexity index is 630. The normalized spacial score (nSPS) is 18.3. The average Bonchev–Trinajstić information content (AvgIpc) is 3.05. The third-order valence-corrected chi connectivity index (χ3v) is 4.28. The molecule has 1 aliphatic rings. The first-order valence-corrected chi connectivity index (χ1v) is 7.97. The van der Waals surface area contributed by atoms with E-state index in [-0.39, 0.29) is 0 Å². The zero-order valence-electron chi connectivity index (χ0n) is 13.7. The molecule has 0 spiro atoms. The Kier molecular flexibility index (Phi) is 5.20. The lowest BCUT2D eigenvalue weighted by Crippen LogP contribution is -2.23. The van der Waals surface area contributed by atoms with Crippen LogP contribution in [0.1, 0.15) is 35.8 Å². The number of para-hydroxylation sites is 1. The van der Waals surface area contributed by atoms with Crippen molar-refractivity contribution in [1.29, 1.82) is 0 Å². The lowest BCUT2D eigenvalue weighted by Gasteiger charge is -2.26. The molecule has 0 aliphatic carbocycles. The molecule has 5 heteroatoms. The molecule has 5 nitrogen and oxygen atoms in total. The molecule has 1 saturated heterocycles. The average molecular weight is 313 g/mol. The summed E-state index contributed by atoms with van der Waals surface area (Å²) in [5, 5.41) is 0. The van der Waals surface area contributed by atoms with Crippen molar-refractivity contribution in [1.82, 2.24) is 14.9 Å². The minimum Gasteiger partial charge on any atom is -0.496 e. The van der Waals surface area contributed by atoms with E-state index in [4.69, 9.17) is 9.47 Å². The predicted molar refractivity (Wildman–Crippen MR) is 88.1 cm³/mol. The molecule has 0 radical (unpaired) electrons. The molecule has 0 N–H and O–H groups in total. The predicted octanol–water partition coefficient (Wildman–Crippen LogP) is 2.97. The molecule has 0 saturated carbocycles. The van der Waals surface area contributed by atoms with Gasteiger partial charge < -0.3 is 9.47 Å². The van der Waals surface area contributed by atoms with Gasteiger partial charge in [-0.3, -0.25) is 4.90 Å². The van der Waals surface area contributed by atoms with Crippen LogP contribution in [0.15, 0.2) is 36.7 Å². The summed E-state index contributed by atoms with van der Waals surface area (Å²) in [7, 11) is 3.39.